The average molecular weight is 233 g/mol. The fourth-order valence-electron chi connectivity index (χ4n) is 1.94. The van der Waals surface area contributed by atoms with Crippen LogP contribution in [0, 0.1) is 5.92 Å². The Hall–Kier alpha value is -1.84. The van der Waals surface area contributed by atoms with Crippen LogP contribution in [-0.4, -0.2) is 23.0 Å². The highest BCUT2D eigenvalue weighted by Gasteiger charge is 2.44. The van der Waals surface area contributed by atoms with E-state index in [1.54, 1.807) is 0 Å². The molecular weight excluding hydrogens is 218 g/mol. The lowest BCUT2D eigenvalue weighted by molar-refractivity contribution is -0.141. The fraction of sp³-hybridized carbons (Fsp3) is 0.385. The van der Waals surface area contributed by atoms with Crippen LogP contribution in [0.3, 0.4) is 0 Å². The number of carboxylic acids is 1. The van der Waals surface area contributed by atoms with Crippen LogP contribution in [0.1, 0.15) is 24.8 Å². The molecule has 4 nitrogen and oxygen atoms in total. The van der Waals surface area contributed by atoms with Crippen molar-refractivity contribution in [3.8, 4) is 0 Å². The SMILES string of the molecule is C[C@H](NC(=O)C1CC1c1ccccc1)C(=O)O. The van der Waals surface area contributed by atoms with Crippen molar-refractivity contribution in [3.05, 3.63) is 35.9 Å². The summed E-state index contributed by atoms with van der Waals surface area (Å²) in [6.45, 7) is 1.47. The molecule has 2 unspecified atom stereocenters. The molecule has 90 valence electrons. The summed E-state index contributed by atoms with van der Waals surface area (Å²) in [7, 11) is 0. The van der Waals surface area contributed by atoms with Gasteiger partial charge < -0.3 is 10.4 Å². The van der Waals surface area contributed by atoms with E-state index in [0.29, 0.717) is 0 Å². The zero-order valence-corrected chi connectivity index (χ0v) is 9.59. The minimum Gasteiger partial charge on any atom is -0.480 e. The number of hydrogen-bond donors (Lipinski definition) is 2. The van der Waals surface area contributed by atoms with Crippen LogP contribution in [0.2, 0.25) is 0 Å². The number of hydrogen-bond acceptors (Lipinski definition) is 2. The Morgan fingerprint density at radius 1 is 1.35 bits per heavy atom. The van der Waals surface area contributed by atoms with E-state index in [1.165, 1.54) is 6.92 Å². The van der Waals surface area contributed by atoms with E-state index >= 15 is 0 Å². The third kappa shape index (κ3) is 2.64. The third-order valence-electron chi connectivity index (χ3n) is 3.08. The molecule has 2 rings (SSSR count). The first-order chi connectivity index (χ1) is 8.09. The number of carbonyl (C=O) groups is 2. The lowest BCUT2D eigenvalue weighted by Gasteiger charge is -2.08. The summed E-state index contributed by atoms with van der Waals surface area (Å²) in [5, 5.41) is 11.2. The van der Waals surface area contributed by atoms with Gasteiger partial charge in [0, 0.05) is 5.92 Å². The minimum absolute atomic E-state index is 0.0702. The van der Waals surface area contributed by atoms with E-state index in [-0.39, 0.29) is 17.7 Å². The lowest BCUT2D eigenvalue weighted by atomic mass is 10.1. The van der Waals surface area contributed by atoms with Crippen molar-refractivity contribution < 1.29 is 14.7 Å². The summed E-state index contributed by atoms with van der Waals surface area (Å²) in [4.78, 5) is 22.3. The highest BCUT2D eigenvalue weighted by atomic mass is 16.4. The summed E-state index contributed by atoms with van der Waals surface area (Å²) in [6, 6.07) is 9.01. The molecule has 1 aliphatic carbocycles. The van der Waals surface area contributed by atoms with Crippen LogP contribution in [0.25, 0.3) is 0 Å². The molecule has 0 radical (unpaired) electrons. The van der Waals surface area contributed by atoms with Gasteiger partial charge in [0.2, 0.25) is 5.91 Å². The standard InChI is InChI=1S/C13H15NO3/c1-8(13(16)17)14-12(15)11-7-10(11)9-5-3-2-4-6-9/h2-6,8,10-11H,7H2,1H3,(H,14,15)(H,16,17)/t8-,10?,11?/m0/s1. The van der Waals surface area contributed by atoms with Crippen LogP contribution in [0.15, 0.2) is 30.3 Å². The van der Waals surface area contributed by atoms with Gasteiger partial charge in [-0.25, -0.2) is 0 Å². The van der Waals surface area contributed by atoms with Gasteiger partial charge in [-0.05, 0) is 24.8 Å². The maximum atomic E-state index is 11.7. The molecule has 1 aromatic carbocycles. The van der Waals surface area contributed by atoms with Gasteiger partial charge in [0.25, 0.3) is 0 Å². The smallest absolute Gasteiger partial charge is 0.325 e. The summed E-state index contributed by atoms with van der Waals surface area (Å²) in [5.74, 6) is -0.986. The molecule has 4 heteroatoms. The van der Waals surface area contributed by atoms with Crippen molar-refractivity contribution in [3.63, 3.8) is 0 Å². The molecule has 17 heavy (non-hydrogen) atoms. The van der Waals surface area contributed by atoms with Crippen molar-refractivity contribution >= 4 is 11.9 Å². The molecular formula is C13H15NO3. The normalized spacial score (nSPS) is 23.8. The monoisotopic (exact) mass is 233 g/mol. The summed E-state index contributed by atoms with van der Waals surface area (Å²) >= 11 is 0. The number of aliphatic carboxylic acids is 1. The molecule has 1 amide bonds. The molecule has 0 bridgehead atoms. The maximum absolute atomic E-state index is 11.7. The fourth-order valence-corrected chi connectivity index (χ4v) is 1.94. The predicted molar refractivity (Wildman–Crippen MR) is 62.5 cm³/mol. The molecule has 1 aliphatic rings. The van der Waals surface area contributed by atoms with Crippen molar-refractivity contribution in [1.82, 2.24) is 5.32 Å². The molecule has 1 saturated carbocycles. The zero-order valence-electron chi connectivity index (χ0n) is 9.59. The van der Waals surface area contributed by atoms with Crippen LogP contribution in [-0.2, 0) is 9.59 Å². The molecule has 1 fully saturated rings. The van der Waals surface area contributed by atoms with Gasteiger partial charge in [-0.15, -0.1) is 0 Å². The largest absolute Gasteiger partial charge is 0.480 e. The van der Waals surface area contributed by atoms with Gasteiger partial charge in [0.15, 0.2) is 0 Å². The van der Waals surface area contributed by atoms with Gasteiger partial charge in [-0.3, -0.25) is 9.59 Å². The maximum Gasteiger partial charge on any atom is 0.325 e. The van der Waals surface area contributed by atoms with Gasteiger partial charge in [-0.1, -0.05) is 30.3 Å². The van der Waals surface area contributed by atoms with E-state index in [2.05, 4.69) is 5.32 Å². The Kier molecular flexibility index (Phi) is 3.13. The number of benzene rings is 1. The van der Waals surface area contributed by atoms with E-state index in [1.807, 2.05) is 30.3 Å². The third-order valence-corrected chi connectivity index (χ3v) is 3.08. The lowest BCUT2D eigenvalue weighted by Crippen LogP contribution is -2.39. The van der Waals surface area contributed by atoms with Crippen molar-refractivity contribution in [1.29, 1.82) is 0 Å². The van der Waals surface area contributed by atoms with Crippen LogP contribution in [0.4, 0.5) is 0 Å². The molecule has 0 spiro atoms. The first kappa shape index (κ1) is 11.6. The molecule has 0 saturated heterocycles. The highest BCUT2D eigenvalue weighted by Crippen LogP contribution is 2.47. The van der Waals surface area contributed by atoms with Crippen LogP contribution >= 0.6 is 0 Å². The first-order valence-electron chi connectivity index (χ1n) is 5.67. The van der Waals surface area contributed by atoms with Gasteiger partial charge in [0.05, 0.1) is 0 Å². The topological polar surface area (TPSA) is 66.4 Å². The van der Waals surface area contributed by atoms with Crippen molar-refractivity contribution in [2.24, 2.45) is 5.92 Å². The summed E-state index contributed by atoms with van der Waals surface area (Å²) in [5.41, 5.74) is 1.15. The van der Waals surface area contributed by atoms with Gasteiger partial charge in [-0.2, -0.15) is 0 Å². The summed E-state index contributed by atoms with van der Waals surface area (Å²) < 4.78 is 0. The van der Waals surface area contributed by atoms with Gasteiger partial charge >= 0.3 is 5.97 Å². The molecule has 0 aliphatic heterocycles. The number of amides is 1. The Morgan fingerprint density at radius 3 is 2.59 bits per heavy atom. The van der Waals surface area contributed by atoms with Crippen LogP contribution < -0.4 is 5.32 Å². The summed E-state index contributed by atoms with van der Waals surface area (Å²) in [6.07, 6.45) is 0.808. The quantitative estimate of drug-likeness (QED) is 0.825. The Bertz CT molecular complexity index is 430. The second-order valence-electron chi connectivity index (χ2n) is 4.43. The van der Waals surface area contributed by atoms with E-state index in [9.17, 15) is 9.59 Å². The first-order valence-corrected chi connectivity index (χ1v) is 5.67. The van der Waals surface area contributed by atoms with Crippen LogP contribution in [0.5, 0.6) is 0 Å². The number of rotatable bonds is 4. The average Bonchev–Trinajstić information content (AvgIpc) is 3.10. The number of carboxylic acid groups (broad SMARTS) is 1. The minimum atomic E-state index is -1.00. The Labute approximate surface area is 99.6 Å². The van der Waals surface area contributed by atoms with E-state index in [4.69, 9.17) is 5.11 Å². The van der Waals surface area contributed by atoms with Crippen molar-refractivity contribution in [2.75, 3.05) is 0 Å². The Balaban J connectivity index is 1.91. The molecule has 0 aromatic heterocycles. The molecule has 1 aromatic rings. The molecule has 3 atom stereocenters. The van der Waals surface area contributed by atoms with E-state index in [0.717, 1.165) is 12.0 Å². The highest BCUT2D eigenvalue weighted by molar-refractivity contribution is 5.87. The number of carbonyl (C=O) groups excluding carboxylic acids is 1. The molecule has 2 N–H and O–H groups in total. The zero-order chi connectivity index (χ0) is 12.4. The van der Waals surface area contributed by atoms with Gasteiger partial charge in [0.1, 0.15) is 6.04 Å². The Morgan fingerprint density at radius 2 is 2.00 bits per heavy atom. The second-order valence-corrected chi connectivity index (χ2v) is 4.43. The van der Waals surface area contributed by atoms with E-state index < -0.39 is 12.0 Å². The molecule has 0 heterocycles. The number of nitrogens with one attached hydrogen (secondary N) is 1. The second kappa shape index (κ2) is 4.57. The van der Waals surface area contributed by atoms with Crippen molar-refractivity contribution in [2.45, 2.75) is 25.3 Å². The predicted octanol–water partition coefficient (Wildman–Crippen LogP) is 1.38.